The molecule has 0 heterocycles. The normalized spacial score (nSPS) is 10.4. The summed E-state index contributed by atoms with van der Waals surface area (Å²) in [5.41, 5.74) is -0.00713. The second-order valence-electron chi connectivity index (χ2n) is 3.21. The van der Waals surface area contributed by atoms with E-state index in [1.165, 1.54) is 0 Å². The molecule has 0 fully saturated rings. The van der Waals surface area contributed by atoms with Crippen molar-refractivity contribution in [3.05, 3.63) is 35.4 Å². The Kier molecular flexibility index (Phi) is 3.55. The molecular formula is C10H8F2O4. The highest BCUT2D eigenvalue weighted by Gasteiger charge is 2.26. The van der Waals surface area contributed by atoms with E-state index in [0.717, 1.165) is 12.1 Å². The van der Waals surface area contributed by atoms with Crippen molar-refractivity contribution in [2.75, 3.05) is 0 Å². The van der Waals surface area contributed by atoms with Crippen LogP contribution in [0.2, 0.25) is 0 Å². The Bertz CT molecular complexity index is 397. The Labute approximate surface area is 89.1 Å². The Hall–Kier alpha value is -1.98. The fourth-order valence-electron chi connectivity index (χ4n) is 1.24. The third-order valence-corrected chi connectivity index (χ3v) is 1.96. The van der Waals surface area contributed by atoms with E-state index < -0.39 is 35.9 Å². The van der Waals surface area contributed by atoms with Gasteiger partial charge in [-0.2, -0.15) is 0 Å². The predicted octanol–water partition coefficient (Wildman–Crippen LogP) is 1.29. The molecule has 6 heteroatoms. The standard InChI is InChI=1S/C10H8F2O4/c11-6-1-5(2-7(12)4-6)3-8(9(13)14)10(15)16/h1-2,4,8H,3H2,(H,13,14)(H,15,16). The van der Waals surface area contributed by atoms with Gasteiger partial charge in [0.05, 0.1) is 0 Å². The fraction of sp³-hybridized carbons (Fsp3) is 0.200. The molecule has 0 unspecified atom stereocenters. The van der Waals surface area contributed by atoms with Gasteiger partial charge in [0.2, 0.25) is 0 Å². The quantitative estimate of drug-likeness (QED) is 0.764. The summed E-state index contributed by atoms with van der Waals surface area (Å²) in [6.07, 6.45) is -0.459. The molecule has 0 saturated heterocycles. The zero-order valence-corrected chi connectivity index (χ0v) is 7.98. The first kappa shape index (κ1) is 12.1. The minimum Gasteiger partial charge on any atom is -0.481 e. The highest BCUT2D eigenvalue weighted by Crippen LogP contribution is 2.13. The first-order valence-electron chi connectivity index (χ1n) is 4.30. The summed E-state index contributed by atoms with van der Waals surface area (Å²) < 4.78 is 25.5. The smallest absolute Gasteiger partial charge is 0.318 e. The van der Waals surface area contributed by atoms with Crippen LogP contribution >= 0.6 is 0 Å². The van der Waals surface area contributed by atoms with Crippen LogP contribution in [0.15, 0.2) is 18.2 Å². The molecule has 0 aliphatic heterocycles. The molecule has 0 aliphatic carbocycles. The average Bonchev–Trinajstić information content (AvgIpc) is 2.11. The van der Waals surface area contributed by atoms with Crippen molar-refractivity contribution in [2.45, 2.75) is 6.42 Å². The van der Waals surface area contributed by atoms with Gasteiger partial charge in [-0.05, 0) is 24.1 Å². The highest BCUT2D eigenvalue weighted by atomic mass is 19.1. The second kappa shape index (κ2) is 4.69. The maximum Gasteiger partial charge on any atom is 0.318 e. The van der Waals surface area contributed by atoms with Gasteiger partial charge in [0.25, 0.3) is 0 Å². The molecule has 4 nitrogen and oxygen atoms in total. The van der Waals surface area contributed by atoms with Gasteiger partial charge in [-0.15, -0.1) is 0 Å². The summed E-state index contributed by atoms with van der Waals surface area (Å²) in [5.74, 6) is -6.54. The molecule has 0 aromatic heterocycles. The van der Waals surface area contributed by atoms with Gasteiger partial charge < -0.3 is 10.2 Å². The van der Waals surface area contributed by atoms with Crippen LogP contribution in [0.4, 0.5) is 8.78 Å². The van der Waals surface area contributed by atoms with Crippen LogP contribution in [0.1, 0.15) is 5.56 Å². The third kappa shape index (κ3) is 3.01. The number of carbonyl (C=O) groups is 2. The lowest BCUT2D eigenvalue weighted by atomic mass is 9.99. The Morgan fingerprint density at radius 3 is 1.88 bits per heavy atom. The first-order chi connectivity index (χ1) is 7.40. The SMILES string of the molecule is O=C(O)C(Cc1cc(F)cc(F)c1)C(=O)O. The minimum absolute atomic E-state index is 0.00713. The maximum atomic E-state index is 12.7. The van der Waals surface area contributed by atoms with Crippen molar-refractivity contribution >= 4 is 11.9 Å². The van der Waals surface area contributed by atoms with Gasteiger partial charge in [0, 0.05) is 6.07 Å². The third-order valence-electron chi connectivity index (χ3n) is 1.96. The molecule has 0 atom stereocenters. The number of aliphatic carboxylic acids is 2. The van der Waals surface area contributed by atoms with E-state index in [1.807, 2.05) is 0 Å². The van der Waals surface area contributed by atoms with Crippen molar-refractivity contribution in [1.82, 2.24) is 0 Å². The van der Waals surface area contributed by atoms with Crippen molar-refractivity contribution < 1.29 is 28.6 Å². The summed E-state index contributed by atoms with van der Waals surface area (Å²) >= 11 is 0. The summed E-state index contributed by atoms with van der Waals surface area (Å²) in [6, 6.07) is 2.43. The lowest BCUT2D eigenvalue weighted by molar-refractivity contribution is -0.154. The van der Waals surface area contributed by atoms with E-state index in [1.54, 1.807) is 0 Å². The Morgan fingerprint density at radius 2 is 1.50 bits per heavy atom. The molecule has 2 N–H and O–H groups in total. The van der Waals surface area contributed by atoms with Crippen LogP contribution in [0, 0.1) is 17.6 Å². The summed E-state index contributed by atoms with van der Waals surface area (Å²) in [5, 5.41) is 17.2. The zero-order chi connectivity index (χ0) is 12.3. The first-order valence-corrected chi connectivity index (χ1v) is 4.30. The lowest BCUT2D eigenvalue weighted by Crippen LogP contribution is -2.25. The number of rotatable bonds is 4. The molecule has 1 aromatic carbocycles. The number of hydrogen-bond acceptors (Lipinski definition) is 2. The maximum absolute atomic E-state index is 12.7. The molecule has 16 heavy (non-hydrogen) atoms. The molecule has 0 spiro atoms. The monoisotopic (exact) mass is 230 g/mol. The van der Waals surface area contributed by atoms with Gasteiger partial charge in [0.15, 0.2) is 5.92 Å². The van der Waals surface area contributed by atoms with Crippen molar-refractivity contribution in [1.29, 1.82) is 0 Å². The van der Waals surface area contributed by atoms with E-state index in [2.05, 4.69) is 0 Å². The zero-order valence-electron chi connectivity index (χ0n) is 7.98. The number of halogens is 2. The van der Waals surface area contributed by atoms with E-state index in [-0.39, 0.29) is 5.56 Å². The molecule has 0 radical (unpaired) electrons. The van der Waals surface area contributed by atoms with Crippen LogP contribution < -0.4 is 0 Å². The molecule has 0 aliphatic rings. The van der Waals surface area contributed by atoms with Crippen LogP contribution in [0.3, 0.4) is 0 Å². The molecule has 0 bridgehead atoms. The van der Waals surface area contributed by atoms with Gasteiger partial charge >= 0.3 is 11.9 Å². The Morgan fingerprint density at radius 1 is 1.06 bits per heavy atom. The van der Waals surface area contributed by atoms with Crippen LogP contribution in [0.25, 0.3) is 0 Å². The number of hydrogen-bond donors (Lipinski definition) is 2. The van der Waals surface area contributed by atoms with Gasteiger partial charge in [-0.3, -0.25) is 9.59 Å². The van der Waals surface area contributed by atoms with Crippen LogP contribution in [-0.2, 0) is 16.0 Å². The molecule has 1 aromatic rings. The fourth-order valence-corrected chi connectivity index (χ4v) is 1.24. The van der Waals surface area contributed by atoms with Crippen LogP contribution in [0.5, 0.6) is 0 Å². The average molecular weight is 230 g/mol. The summed E-state index contributed by atoms with van der Waals surface area (Å²) in [7, 11) is 0. The van der Waals surface area contributed by atoms with E-state index >= 15 is 0 Å². The largest absolute Gasteiger partial charge is 0.481 e. The van der Waals surface area contributed by atoms with E-state index in [4.69, 9.17) is 10.2 Å². The molecule has 1 rings (SSSR count). The summed E-state index contributed by atoms with van der Waals surface area (Å²) in [6.45, 7) is 0. The van der Waals surface area contributed by atoms with Gasteiger partial charge in [-0.1, -0.05) is 0 Å². The van der Waals surface area contributed by atoms with E-state index in [0.29, 0.717) is 6.07 Å². The van der Waals surface area contributed by atoms with Crippen molar-refractivity contribution in [3.8, 4) is 0 Å². The van der Waals surface area contributed by atoms with E-state index in [9.17, 15) is 18.4 Å². The minimum atomic E-state index is -1.71. The molecule has 0 saturated carbocycles. The van der Waals surface area contributed by atoms with Gasteiger partial charge in [0.1, 0.15) is 11.6 Å². The molecule has 0 amide bonds. The number of carboxylic acid groups (broad SMARTS) is 2. The predicted molar refractivity (Wildman–Crippen MR) is 48.8 cm³/mol. The number of benzene rings is 1. The summed E-state index contributed by atoms with van der Waals surface area (Å²) in [4.78, 5) is 21.1. The van der Waals surface area contributed by atoms with Gasteiger partial charge in [-0.25, -0.2) is 8.78 Å². The van der Waals surface area contributed by atoms with Crippen molar-refractivity contribution in [3.63, 3.8) is 0 Å². The molecular weight excluding hydrogens is 222 g/mol. The second-order valence-corrected chi connectivity index (χ2v) is 3.21. The van der Waals surface area contributed by atoms with Crippen LogP contribution in [-0.4, -0.2) is 22.2 Å². The molecule has 86 valence electrons. The van der Waals surface area contributed by atoms with Crippen molar-refractivity contribution in [2.24, 2.45) is 5.92 Å². The lowest BCUT2D eigenvalue weighted by Gasteiger charge is -2.07. The topological polar surface area (TPSA) is 74.6 Å². The number of carboxylic acids is 2. The Balaban J connectivity index is 2.93. The highest BCUT2D eigenvalue weighted by molar-refractivity contribution is 5.93.